The number of rotatable bonds is 2. The highest BCUT2D eigenvalue weighted by molar-refractivity contribution is 4.99. The highest BCUT2D eigenvalue weighted by atomic mass is 15.3. The molecule has 0 bridgehead atoms. The fraction of sp³-hybridized carbons (Fsp3) is 1.00. The van der Waals surface area contributed by atoms with Gasteiger partial charge in [-0.15, -0.1) is 0 Å². The molecule has 0 aliphatic carbocycles. The van der Waals surface area contributed by atoms with E-state index in [1.54, 1.807) is 0 Å². The molecule has 0 amide bonds. The summed E-state index contributed by atoms with van der Waals surface area (Å²) in [5, 5.41) is 0. The zero-order chi connectivity index (χ0) is 11.6. The number of likely N-dealkylation sites (tertiary alicyclic amines) is 1. The third kappa shape index (κ3) is 2.40. The van der Waals surface area contributed by atoms with Crippen molar-refractivity contribution in [3.8, 4) is 0 Å². The first kappa shape index (κ1) is 12.3. The van der Waals surface area contributed by atoms with Gasteiger partial charge in [-0.05, 0) is 40.0 Å². The highest BCUT2D eigenvalue weighted by Gasteiger charge is 2.40. The Morgan fingerprint density at radius 3 is 2.44 bits per heavy atom. The second kappa shape index (κ2) is 5.00. The molecule has 2 aliphatic heterocycles. The minimum Gasteiger partial charge on any atom is -0.329 e. The summed E-state index contributed by atoms with van der Waals surface area (Å²) in [6.07, 6.45) is 2.52. The van der Waals surface area contributed by atoms with Gasteiger partial charge in [-0.25, -0.2) is 0 Å². The number of hydrogen-bond acceptors (Lipinski definition) is 4. The van der Waals surface area contributed by atoms with Crippen LogP contribution in [0.15, 0.2) is 0 Å². The summed E-state index contributed by atoms with van der Waals surface area (Å²) in [6.45, 7) is 7.97. The predicted molar refractivity (Wildman–Crippen MR) is 67.6 cm³/mol. The molecule has 2 aliphatic rings. The number of nitrogens with zero attached hydrogens (tertiary/aromatic N) is 3. The smallest absolute Gasteiger partial charge is 0.0470 e. The molecule has 94 valence electrons. The Balaban J connectivity index is 2.03. The zero-order valence-electron chi connectivity index (χ0n) is 10.8. The van der Waals surface area contributed by atoms with Gasteiger partial charge < -0.3 is 15.5 Å². The second-order valence-electron chi connectivity index (χ2n) is 5.56. The third-order valence-corrected chi connectivity index (χ3v) is 4.29. The van der Waals surface area contributed by atoms with Gasteiger partial charge in [0, 0.05) is 38.3 Å². The third-order valence-electron chi connectivity index (χ3n) is 4.29. The molecule has 2 saturated heterocycles. The van der Waals surface area contributed by atoms with Crippen LogP contribution in [0.2, 0.25) is 0 Å². The van der Waals surface area contributed by atoms with Gasteiger partial charge >= 0.3 is 0 Å². The monoisotopic (exact) mass is 226 g/mol. The molecule has 1 unspecified atom stereocenters. The Hall–Kier alpha value is -0.160. The summed E-state index contributed by atoms with van der Waals surface area (Å²) >= 11 is 0. The van der Waals surface area contributed by atoms with E-state index >= 15 is 0 Å². The molecule has 4 nitrogen and oxygen atoms in total. The molecule has 0 saturated carbocycles. The zero-order valence-corrected chi connectivity index (χ0v) is 10.8. The van der Waals surface area contributed by atoms with Crippen LogP contribution in [-0.2, 0) is 0 Å². The summed E-state index contributed by atoms with van der Waals surface area (Å²) in [6, 6.07) is 0. The lowest BCUT2D eigenvalue weighted by molar-refractivity contribution is 0.106. The van der Waals surface area contributed by atoms with Crippen molar-refractivity contribution in [3.05, 3.63) is 0 Å². The van der Waals surface area contributed by atoms with Crippen LogP contribution in [0.25, 0.3) is 0 Å². The largest absolute Gasteiger partial charge is 0.329 e. The van der Waals surface area contributed by atoms with Crippen molar-refractivity contribution in [3.63, 3.8) is 0 Å². The van der Waals surface area contributed by atoms with Crippen molar-refractivity contribution < 1.29 is 0 Å². The van der Waals surface area contributed by atoms with Crippen LogP contribution in [-0.4, -0.2) is 80.1 Å². The van der Waals surface area contributed by atoms with Crippen molar-refractivity contribution >= 4 is 0 Å². The Bertz CT molecular complexity index is 233. The van der Waals surface area contributed by atoms with Gasteiger partial charge in [0.1, 0.15) is 0 Å². The van der Waals surface area contributed by atoms with E-state index < -0.39 is 0 Å². The van der Waals surface area contributed by atoms with Gasteiger partial charge in [0.05, 0.1) is 0 Å². The molecule has 4 heteroatoms. The summed E-state index contributed by atoms with van der Waals surface area (Å²) in [5.74, 6) is 0. The Labute approximate surface area is 99.4 Å². The van der Waals surface area contributed by atoms with Crippen LogP contribution in [0.1, 0.15) is 12.8 Å². The molecule has 1 atom stereocenters. The van der Waals surface area contributed by atoms with E-state index in [0.29, 0.717) is 0 Å². The quantitative estimate of drug-likeness (QED) is 0.699. The molecular formula is C12H26N4. The second-order valence-corrected chi connectivity index (χ2v) is 5.56. The summed E-state index contributed by atoms with van der Waals surface area (Å²) < 4.78 is 0. The van der Waals surface area contributed by atoms with Crippen molar-refractivity contribution in [1.29, 1.82) is 0 Å². The lowest BCUT2D eigenvalue weighted by Gasteiger charge is -2.40. The highest BCUT2D eigenvalue weighted by Crippen LogP contribution is 2.27. The van der Waals surface area contributed by atoms with E-state index in [-0.39, 0.29) is 5.54 Å². The maximum Gasteiger partial charge on any atom is 0.0470 e. The van der Waals surface area contributed by atoms with Crippen LogP contribution < -0.4 is 5.73 Å². The average Bonchev–Trinajstić information content (AvgIpc) is 2.52. The van der Waals surface area contributed by atoms with Crippen LogP contribution in [0.3, 0.4) is 0 Å². The topological polar surface area (TPSA) is 35.7 Å². The molecule has 0 radical (unpaired) electrons. The van der Waals surface area contributed by atoms with Gasteiger partial charge in [-0.3, -0.25) is 4.90 Å². The molecule has 2 heterocycles. The molecule has 2 rings (SSSR count). The summed E-state index contributed by atoms with van der Waals surface area (Å²) in [4.78, 5) is 7.50. The van der Waals surface area contributed by atoms with E-state index in [9.17, 15) is 0 Å². The maximum absolute atomic E-state index is 6.07. The minimum absolute atomic E-state index is 0.264. The summed E-state index contributed by atoms with van der Waals surface area (Å²) in [5.41, 5.74) is 6.33. The standard InChI is InChI=1S/C12H26N4/c1-14-5-3-6-16(9-8-14)12(10-13)4-7-15(2)11-12/h3-11,13H2,1-2H3. The van der Waals surface area contributed by atoms with Crippen molar-refractivity contribution in [1.82, 2.24) is 14.7 Å². The Morgan fingerprint density at radius 2 is 1.81 bits per heavy atom. The van der Waals surface area contributed by atoms with E-state index in [1.165, 1.54) is 45.6 Å². The summed E-state index contributed by atoms with van der Waals surface area (Å²) in [7, 11) is 4.43. The number of likely N-dealkylation sites (N-methyl/N-ethyl adjacent to an activating group) is 2. The molecule has 2 fully saturated rings. The predicted octanol–water partition coefficient (Wildman–Crippen LogP) is -0.343. The van der Waals surface area contributed by atoms with Gasteiger partial charge in [-0.1, -0.05) is 0 Å². The SMILES string of the molecule is CN1CCCN(C2(CN)CCN(C)C2)CC1. The normalized spacial score (nSPS) is 35.4. The first-order chi connectivity index (χ1) is 7.66. The fourth-order valence-electron chi connectivity index (χ4n) is 3.13. The van der Waals surface area contributed by atoms with Crippen molar-refractivity contribution in [2.24, 2.45) is 5.73 Å². The average molecular weight is 226 g/mol. The number of nitrogens with two attached hydrogens (primary N) is 1. The Morgan fingerprint density at radius 1 is 1.00 bits per heavy atom. The first-order valence-electron chi connectivity index (χ1n) is 6.48. The molecule has 0 aromatic heterocycles. The van der Waals surface area contributed by atoms with Gasteiger partial charge in [0.2, 0.25) is 0 Å². The maximum atomic E-state index is 6.07. The van der Waals surface area contributed by atoms with E-state index in [4.69, 9.17) is 5.73 Å². The van der Waals surface area contributed by atoms with E-state index in [2.05, 4.69) is 28.8 Å². The lowest BCUT2D eigenvalue weighted by Crippen LogP contribution is -2.56. The van der Waals surface area contributed by atoms with Gasteiger partial charge in [0.25, 0.3) is 0 Å². The molecular weight excluding hydrogens is 200 g/mol. The molecule has 16 heavy (non-hydrogen) atoms. The van der Waals surface area contributed by atoms with Crippen molar-refractivity contribution in [2.45, 2.75) is 18.4 Å². The molecule has 0 spiro atoms. The Kier molecular flexibility index (Phi) is 3.85. The van der Waals surface area contributed by atoms with Gasteiger partial charge in [0.15, 0.2) is 0 Å². The fourth-order valence-corrected chi connectivity index (χ4v) is 3.13. The van der Waals surface area contributed by atoms with Crippen LogP contribution >= 0.6 is 0 Å². The molecule has 0 aromatic rings. The minimum atomic E-state index is 0.264. The van der Waals surface area contributed by atoms with Crippen LogP contribution in [0.4, 0.5) is 0 Å². The lowest BCUT2D eigenvalue weighted by atomic mass is 9.96. The molecule has 0 aromatic carbocycles. The van der Waals surface area contributed by atoms with E-state index in [1.807, 2.05) is 0 Å². The number of hydrogen-bond donors (Lipinski definition) is 1. The molecule has 2 N–H and O–H groups in total. The van der Waals surface area contributed by atoms with Crippen LogP contribution in [0.5, 0.6) is 0 Å². The van der Waals surface area contributed by atoms with E-state index in [0.717, 1.165) is 13.1 Å². The van der Waals surface area contributed by atoms with Crippen molar-refractivity contribution in [2.75, 3.05) is 59.9 Å². The first-order valence-corrected chi connectivity index (χ1v) is 6.48. The van der Waals surface area contributed by atoms with Crippen LogP contribution in [0, 0.1) is 0 Å². The van der Waals surface area contributed by atoms with Gasteiger partial charge in [-0.2, -0.15) is 0 Å².